The van der Waals surface area contributed by atoms with Crippen LogP contribution in [0.2, 0.25) is 0 Å². The van der Waals surface area contributed by atoms with Gasteiger partial charge in [0.15, 0.2) is 0 Å². The predicted octanol–water partition coefficient (Wildman–Crippen LogP) is 0.707. The number of aromatic nitrogens is 2. The second-order valence-electron chi connectivity index (χ2n) is 5.04. The lowest BCUT2D eigenvalue weighted by Gasteiger charge is -2.04. The number of furan rings is 1. The van der Waals surface area contributed by atoms with E-state index in [1.165, 1.54) is 18.9 Å². The van der Waals surface area contributed by atoms with Crippen LogP contribution in [0.1, 0.15) is 18.6 Å². The third kappa shape index (κ3) is 3.93. The van der Waals surface area contributed by atoms with Crippen molar-refractivity contribution in [2.75, 3.05) is 6.54 Å². The molecular weight excluding hydrogens is 292 g/mol. The molecule has 114 valence electrons. The van der Waals surface area contributed by atoms with Gasteiger partial charge >= 0.3 is 0 Å². The molecule has 3 rings (SSSR count). The minimum Gasteiger partial charge on any atom is -0.447 e. The van der Waals surface area contributed by atoms with Crippen molar-refractivity contribution >= 4 is 10.0 Å². The highest BCUT2D eigenvalue weighted by atomic mass is 32.2. The van der Waals surface area contributed by atoms with Crippen LogP contribution in [-0.4, -0.2) is 30.8 Å². The Kier molecular flexibility index (Phi) is 4.09. The van der Waals surface area contributed by atoms with Gasteiger partial charge in [-0.05, 0) is 31.0 Å². The molecule has 0 bridgehead atoms. The molecule has 1 saturated carbocycles. The summed E-state index contributed by atoms with van der Waals surface area (Å²) in [5.74, 6) is 0.634. The first-order valence-electron chi connectivity index (χ1n) is 6.93. The van der Waals surface area contributed by atoms with Gasteiger partial charge in [-0.2, -0.15) is 5.10 Å². The number of hydrogen-bond donors (Lipinski definition) is 2. The lowest BCUT2D eigenvalue weighted by Crippen LogP contribution is -2.27. The lowest BCUT2D eigenvalue weighted by molar-refractivity contribution is 0.398. The molecule has 2 aromatic rings. The molecule has 0 radical (unpaired) electrons. The highest BCUT2D eigenvalue weighted by Gasteiger charge is 2.22. The van der Waals surface area contributed by atoms with Gasteiger partial charge in [-0.3, -0.25) is 4.68 Å². The van der Waals surface area contributed by atoms with Crippen molar-refractivity contribution in [2.24, 2.45) is 0 Å². The summed E-state index contributed by atoms with van der Waals surface area (Å²) in [4.78, 5) is 0. The first kappa shape index (κ1) is 14.3. The molecule has 21 heavy (non-hydrogen) atoms. The first-order valence-corrected chi connectivity index (χ1v) is 8.41. The highest BCUT2D eigenvalue weighted by molar-refractivity contribution is 7.89. The van der Waals surface area contributed by atoms with Gasteiger partial charge in [-0.1, -0.05) is 0 Å². The van der Waals surface area contributed by atoms with Crippen molar-refractivity contribution in [3.8, 4) is 0 Å². The second kappa shape index (κ2) is 6.00. The average molecular weight is 310 g/mol. The quantitative estimate of drug-likeness (QED) is 0.749. The van der Waals surface area contributed by atoms with E-state index in [9.17, 15) is 8.42 Å². The van der Waals surface area contributed by atoms with Crippen LogP contribution in [0.15, 0.2) is 40.1 Å². The topological polar surface area (TPSA) is 89.2 Å². The molecule has 1 aliphatic rings. The van der Waals surface area contributed by atoms with Crippen molar-refractivity contribution in [3.63, 3.8) is 0 Å². The highest BCUT2D eigenvalue weighted by Crippen LogP contribution is 2.20. The van der Waals surface area contributed by atoms with Crippen LogP contribution in [0.4, 0.5) is 0 Å². The molecule has 0 unspecified atom stereocenters. The van der Waals surface area contributed by atoms with Crippen LogP contribution in [-0.2, 0) is 23.1 Å². The Morgan fingerprint density at radius 2 is 2.24 bits per heavy atom. The summed E-state index contributed by atoms with van der Waals surface area (Å²) < 4.78 is 33.7. The van der Waals surface area contributed by atoms with Crippen molar-refractivity contribution in [1.82, 2.24) is 19.8 Å². The summed E-state index contributed by atoms with van der Waals surface area (Å²) in [6.07, 6.45) is 5.80. The molecule has 2 aromatic heterocycles. The molecule has 0 atom stereocenters. The molecule has 0 aromatic carbocycles. The van der Waals surface area contributed by atoms with Gasteiger partial charge < -0.3 is 9.73 Å². The van der Waals surface area contributed by atoms with Crippen molar-refractivity contribution in [1.29, 1.82) is 0 Å². The standard InChI is InChI=1S/C13H18N4O3S/c18-21(19,16-7-9-17-8-1-6-15-17)13-5-4-12(20-13)10-14-11-2-3-11/h1,4-6,8,11,14,16H,2-3,7,9-10H2. The van der Waals surface area contributed by atoms with Gasteiger partial charge in [0, 0.05) is 25.0 Å². The fraction of sp³-hybridized carbons (Fsp3) is 0.462. The number of nitrogens with zero attached hydrogens (tertiary/aromatic N) is 2. The SMILES string of the molecule is O=S(=O)(NCCn1cccn1)c1ccc(CNC2CC2)o1. The van der Waals surface area contributed by atoms with E-state index in [0.717, 1.165) is 0 Å². The third-order valence-electron chi connectivity index (χ3n) is 3.24. The third-order valence-corrected chi connectivity index (χ3v) is 4.57. The molecule has 2 N–H and O–H groups in total. The summed E-state index contributed by atoms with van der Waals surface area (Å²) in [5.41, 5.74) is 0. The maximum atomic E-state index is 12.1. The van der Waals surface area contributed by atoms with Crippen molar-refractivity contribution in [2.45, 2.75) is 37.1 Å². The molecule has 1 fully saturated rings. The zero-order valence-corrected chi connectivity index (χ0v) is 12.3. The van der Waals surface area contributed by atoms with Crippen LogP contribution >= 0.6 is 0 Å². The van der Waals surface area contributed by atoms with Gasteiger partial charge in [-0.15, -0.1) is 0 Å². The maximum absolute atomic E-state index is 12.1. The molecule has 0 amide bonds. The summed E-state index contributed by atoms with van der Waals surface area (Å²) in [6.45, 7) is 1.30. The van der Waals surface area contributed by atoms with E-state index >= 15 is 0 Å². The Hall–Kier alpha value is -1.64. The zero-order chi connectivity index (χ0) is 14.7. The smallest absolute Gasteiger partial charge is 0.274 e. The Balaban J connectivity index is 1.53. The van der Waals surface area contributed by atoms with Gasteiger partial charge in [0.05, 0.1) is 13.1 Å². The number of nitrogens with one attached hydrogen (secondary N) is 2. The number of hydrogen-bond acceptors (Lipinski definition) is 5. The van der Waals surface area contributed by atoms with E-state index in [1.54, 1.807) is 29.2 Å². The second-order valence-corrected chi connectivity index (χ2v) is 6.74. The fourth-order valence-electron chi connectivity index (χ4n) is 1.93. The predicted molar refractivity (Wildman–Crippen MR) is 76.0 cm³/mol. The van der Waals surface area contributed by atoms with Gasteiger partial charge in [0.25, 0.3) is 10.0 Å². The molecule has 0 spiro atoms. The van der Waals surface area contributed by atoms with E-state index in [-0.39, 0.29) is 11.6 Å². The zero-order valence-electron chi connectivity index (χ0n) is 11.5. The normalized spacial score (nSPS) is 15.4. The summed E-state index contributed by atoms with van der Waals surface area (Å²) in [6, 6.07) is 5.53. The minimum atomic E-state index is -3.60. The Bertz CT molecular complexity index is 674. The van der Waals surface area contributed by atoms with Crippen molar-refractivity contribution < 1.29 is 12.8 Å². The Labute approximate surface area is 123 Å². The molecule has 2 heterocycles. The maximum Gasteiger partial charge on any atom is 0.274 e. The largest absolute Gasteiger partial charge is 0.447 e. The molecule has 0 saturated heterocycles. The van der Waals surface area contributed by atoms with Gasteiger partial charge in [-0.25, -0.2) is 13.1 Å². The lowest BCUT2D eigenvalue weighted by atomic mass is 10.4. The monoisotopic (exact) mass is 310 g/mol. The molecule has 1 aliphatic carbocycles. The first-order chi connectivity index (χ1) is 10.1. The van der Waals surface area contributed by atoms with Crippen LogP contribution in [0, 0.1) is 0 Å². The molecular formula is C13H18N4O3S. The van der Waals surface area contributed by atoms with Gasteiger partial charge in [0.1, 0.15) is 5.76 Å². The van der Waals surface area contributed by atoms with Crippen LogP contribution in [0.25, 0.3) is 0 Å². The van der Waals surface area contributed by atoms with E-state index in [1.807, 2.05) is 0 Å². The number of rotatable bonds is 8. The number of sulfonamides is 1. The minimum absolute atomic E-state index is 0.0458. The average Bonchev–Trinajstić information content (AvgIpc) is 2.93. The molecule has 0 aliphatic heterocycles. The Morgan fingerprint density at radius 1 is 1.38 bits per heavy atom. The van der Waals surface area contributed by atoms with E-state index in [2.05, 4.69) is 15.1 Å². The van der Waals surface area contributed by atoms with Crippen LogP contribution in [0.5, 0.6) is 0 Å². The van der Waals surface area contributed by atoms with Gasteiger partial charge in [0.2, 0.25) is 5.09 Å². The van der Waals surface area contributed by atoms with E-state index in [4.69, 9.17) is 4.42 Å². The molecule has 7 nitrogen and oxygen atoms in total. The van der Waals surface area contributed by atoms with E-state index < -0.39 is 10.0 Å². The fourth-order valence-corrected chi connectivity index (χ4v) is 2.89. The molecule has 8 heteroatoms. The summed E-state index contributed by atoms with van der Waals surface area (Å²) >= 11 is 0. The van der Waals surface area contributed by atoms with E-state index in [0.29, 0.717) is 24.9 Å². The summed E-state index contributed by atoms with van der Waals surface area (Å²) in [5, 5.41) is 7.24. The Morgan fingerprint density at radius 3 is 2.95 bits per heavy atom. The summed E-state index contributed by atoms with van der Waals surface area (Å²) in [7, 11) is -3.60. The van der Waals surface area contributed by atoms with Crippen LogP contribution in [0.3, 0.4) is 0 Å². The van der Waals surface area contributed by atoms with Crippen LogP contribution < -0.4 is 10.0 Å². The van der Waals surface area contributed by atoms with Crippen molar-refractivity contribution in [3.05, 3.63) is 36.4 Å².